The molecule has 0 saturated heterocycles. The number of nitrogens with zero attached hydrogens (tertiary/aromatic N) is 1. The van der Waals surface area contributed by atoms with Gasteiger partial charge in [-0.2, -0.15) is 0 Å². The van der Waals surface area contributed by atoms with Gasteiger partial charge in [-0.1, -0.05) is 29.8 Å². The number of benzene rings is 2. The van der Waals surface area contributed by atoms with Crippen LogP contribution >= 0.6 is 11.6 Å². The highest BCUT2D eigenvalue weighted by Crippen LogP contribution is 2.16. The second-order valence-electron chi connectivity index (χ2n) is 5.82. The number of anilines is 1. The van der Waals surface area contributed by atoms with Crippen molar-refractivity contribution in [3.05, 3.63) is 59.1 Å². The Hall–Kier alpha value is -2.73. The number of amides is 1. The minimum Gasteiger partial charge on any atom is -0.496 e. The van der Waals surface area contributed by atoms with Crippen LogP contribution in [0.2, 0.25) is 5.02 Å². The molecule has 0 aliphatic carbocycles. The molecule has 2 rings (SSSR count). The van der Waals surface area contributed by atoms with Gasteiger partial charge in [-0.25, -0.2) is 0 Å². The Bertz CT molecular complexity index is 763. The Morgan fingerprint density at radius 1 is 1.11 bits per heavy atom. The molecular formula is C20H25ClN4O2. The van der Waals surface area contributed by atoms with E-state index in [1.807, 2.05) is 24.3 Å². The summed E-state index contributed by atoms with van der Waals surface area (Å²) in [5.41, 5.74) is 1.79. The van der Waals surface area contributed by atoms with Crippen molar-refractivity contribution in [2.75, 3.05) is 26.0 Å². The van der Waals surface area contributed by atoms with E-state index in [9.17, 15) is 4.79 Å². The monoisotopic (exact) mass is 388 g/mol. The van der Waals surface area contributed by atoms with Gasteiger partial charge in [0, 0.05) is 42.8 Å². The molecule has 0 spiro atoms. The number of rotatable bonds is 8. The van der Waals surface area contributed by atoms with Crippen LogP contribution in [-0.2, 0) is 11.3 Å². The molecular weight excluding hydrogens is 364 g/mol. The molecule has 0 fully saturated rings. The minimum absolute atomic E-state index is 0.0314. The topological polar surface area (TPSA) is 74.8 Å². The number of carbonyl (C=O) groups excluding carboxylic acids is 1. The van der Waals surface area contributed by atoms with E-state index in [1.165, 1.54) is 0 Å². The normalized spacial score (nSPS) is 11.0. The zero-order valence-electron chi connectivity index (χ0n) is 15.6. The van der Waals surface area contributed by atoms with Crippen molar-refractivity contribution in [1.29, 1.82) is 0 Å². The fraction of sp³-hybridized carbons (Fsp3) is 0.300. The number of carbonyl (C=O) groups is 1. The number of aliphatic imine (C=N–C) groups is 1. The molecule has 144 valence electrons. The SMILES string of the molecule is CN=C(NCCCC(=O)Nc1ccc(Cl)cc1)NCc1ccccc1OC. The lowest BCUT2D eigenvalue weighted by molar-refractivity contribution is -0.116. The molecule has 0 unspecified atom stereocenters. The molecule has 0 aliphatic rings. The Kier molecular flexibility index (Phi) is 8.45. The molecule has 0 heterocycles. The standard InChI is InChI=1S/C20H25ClN4O2/c1-22-20(24-14-15-6-3-4-7-18(15)27-2)23-13-5-8-19(26)25-17-11-9-16(21)10-12-17/h3-4,6-7,9-12H,5,8,13-14H2,1-2H3,(H,25,26)(H2,22,23,24). The van der Waals surface area contributed by atoms with Crippen molar-refractivity contribution in [3.63, 3.8) is 0 Å². The van der Waals surface area contributed by atoms with Gasteiger partial charge in [-0.3, -0.25) is 9.79 Å². The van der Waals surface area contributed by atoms with E-state index < -0.39 is 0 Å². The number of methoxy groups -OCH3 is 1. The summed E-state index contributed by atoms with van der Waals surface area (Å²) in [5, 5.41) is 9.93. The van der Waals surface area contributed by atoms with Crippen LogP contribution in [0.3, 0.4) is 0 Å². The van der Waals surface area contributed by atoms with Crippen molar-refractivity contribution in [2.24, 2.45) is 4.99 Å². The highest BCUT2D eigenvalue weighted by molar-refractivity contribution is 6.30. The van der Waals surface area contributed by atoms with Crippen LogP contribution < -0.4 is 20.7 Å². The van der Waals surface area contributed by atoms with E-state index in [0.717, 1.165) is 17.0 Å². The van der Waals surface area contributed by atoms with Gasteiger partial charge >= 0.3 is 0 Å². The first-order chi connectivity index (χ1) is 13.1. The first-order valence-corrected chi connectivity index (χ1v) is 9.12. The first kappa shape index (κ1) is 20.6. The Labute approximate surface area is 165 Å². The predicted molar refractivity (Wildman–Crippen MR) is 111 cm³/mol. The lowest BCUT2D eigenvalue weighted by atomic mass is 10.2. The summed E-state index contributed by atoms with van der Waals surface area (Å²) in [6.45, 7) is 1.24. The van der Waals surface area contributed by atoms with Crippen molar-refractivity contribution in [2.45, 2.75) is 19.4 Å². The van der Waals surface area contributed by atoms with Gasteiger partial charge in [0.1, 0.15) is 5.75 Å². The van der Waals surface area contributed by atoms with Crippen LogP contribution in [0.4, 0.5) is 5.69 Å². The van der Waals surface area contributed by atoms with E-state index in [1.54, 1.807) is 38.4 Å². The van der Waals surface area contributed by atoms with Crippen molar-refractivity contribution >= 4 is 29.2 Å². The van der Waals surface area contributed by atoms with Gasteiger partial charge in [0.25, 0.3) is 0 Å². The van der Waals surface area contributed by atoms with Crippen LogP contribution in [0.15, 0.2) is 53.5 Å². The average Bonchev–Trinajstić information content (AvgIpc) is 2.69. The molecule has 1 amide bonds. The van der Waals surface area contributed by atoms with E-state index >= 15 is 0 Å². The maximum atomic E-state index is 12.0. The maximum Gasteiger partial charge on any atom is 0.224 e. The lowest BCUT2D eigenvalue weighted by Crippen LogP contribution is -2.37. The van der Waals surface area contributed by atoms with Crippen LogP contribution in [0.1, 0.15) is 18.4 Å². The Balaban J connectivity index is 1.68. The van der Waals surface area contributed by atoms with Crippen LogP contribution in [0.25, 0.3) is 0 Å². The molecule has 0 atom stereocenters. The zero-order chi connectivity index (χ0) is 19.5. The summed E-state index contributed by atoms with van der Waals surface area (Å²) in [6.07, 6.45) is 1.11. The number of hydrogen-bond donors (Lipinski definition) is 3. The quantitative estimate of drug-likeness (QED) is 0.368. The third kappa shape index (κ3) is 7.19. The van der Waals surface area contributed by atoms with E-state index in [-0.39, 0.29) is 5.91 Å². The molecule has 0 aliphatic heterocycles. The number of nitrogens with one attached hydrogen (secondary N) is 3. The van der Waals surface area contributed by atoms with Crippen LogP contribution in [0, 0.1) is 0 Å². The summed E-state index contributed by atoms with van der Waals surface area (Å²) in [7, 11) is 3.37. The second-order valence-corrected chi connectivity index (χ2v) is 6.26. The molecule has 0 saturated carbocycles. The minimum atomic E-state index is -0.0314. The van der Waals surface area contributed by atoms with E-state index in [2.05, 4.69) is 20.9 Å². The molecule has 2 aromatic carbocycles. The third-order valence-electron chi connectivity index (χ3n) is 3.86. The number of halogens is 1. The third-order valence-corrected chi connectivity index (χ3v) is 4.12. The molecule has 27 heavy (non-hydrogen) atoms. The summed E-state index contributed by atoms with van der Waals surface area (Å²) in [6, 6.07) is 14.9. The van der Waals surface area contributed by atoms with E-state index in [4.69, 9.17) is 16.3 Å². The highest BCUT2D eigenvalue weighted by atomic mass is 35.5. The lowest BCUT2D eigenvalue weighted by Gasteiger charge is -2.13. The molecule has 6 nitrogen and oxygen atoms in total. The van der Waals surface area contributed by atoms with Crippen molar-refractivity contribution < 1.29 is 9.53 Å². The molecule has 0 aromatic heterocycles. The first-order valence-electron chi connectivity index (χ1n) is 8.74. The van der Waals surface area contributed by atoms with Crippen LogP contribution in [0.5, 0.6) is 5.75 Å². The largest absolute Gasteiger partial charge is 0.496 e. The molecule has 3 N–H and O–H groups in total. The smallest absolute Gasteiger partial charge is 0.224 e. The van der Waals surface area contributed by atoms with Crippen molar-refractivity contribution in [1.82, 2.24) is 10.6 Å². The average molecular weight is 389 g/mol. The molecule has 2 aromatic rings. The number of guanidine groups is 1. The second kappa shape index (κ2) is 11.1. The Morgan fingerprint density at radius 2 is 1.85 bits per heavy atom. The summed E-state index contributed by atoms with van der Waals surface area (Å²) in [5.74, 6) is 1.48. The summed E-state index contributed by atoms with van der Waals surface area (Å²) in [4.78, 5) is 16.2. The molecule has 0 bridgehead atoms. The molecule has 0 radical (unpaired) electrons. The highest BCUT2D eigenvalue weighted by Gasteiger charge is 2.05. The number of ether oxygens (including phenoxy) is 1. The van der Waals surface area contributed by atoms with Gasteiger partial charge in [0.15, 0.2) is 5.96 Å². The predicted octanol–water partition coefficient (Wildman–Crippen LogP) is 3.43. The summed E-state index contributed by atoms with van der Waals surface area (Å²) < 4.78 is 5.34. The van der Waals surface area contributed by atoms with Gasteiger partial charge in [-0.05, 0) is 36.8 Å². The van der Waals surface area contributed by atoms with Crippen LogP contribution in [-0.4, -0.2) is 32.6 Å². The van der Waals surface area contributed by atoms with Gasteiger partial charge in [0.05, 0.1) is 7.11 Å². The fourth-order valence-electron chi connectivity index (χ4n) is 2.46. The fourth-order valence-corrected chi connectivity index (χ4v) is 2.59. The van der Waals surface area contributed by atoms with Gasteiger partial charge in [0.2, 0.25) is 5.91 Å². The number of hydrogen-bond acceptors (Lipinski definition) is 3. The van der Waals surface area contributed by atoms with Gasteiger partial charge < -0.3 is 20.7 Å². The summed E-state index contributed by atoms with van der Waals surface area (Å²) >= 11 is 5.83. The van der Waals surface area contributed by atoms with Crippen molar-refractivity contribution in [3.8, 4) is 5.75 Å². The van der Waals surface area contributed by atoms with Gasteiger partial charge in [-0.15, -0.1) is 0 Å². The maximum absolute atomic E-state index is 12.0. The Morgan fingerprint density at radius 3 is 2.56 bits per heavy atom. The number of para-hydroxylation sites is 1. The zero-order valence-corrected chi connectivity index (χ0v) is 16.3. The van der Waals surface area contributed by atoms with E-state index in [0.29, 0.717) is 36.9 Å². The molecule has 7 heteroatoms.